The van der Waals surface area contributed by atoms with Crippen LogP contribution in [0.3, 0.4) is 0 Å². The lowest BCUT2D eigenvalue weighted by atomic mass is 9.77. The zero-order valence-corrected chi connectivity index (χ0v) is 9.79. The molecule has 1 amide bonds. The highest BCUT2D eigenvalue weighted by molar-refractivity contribution is 5.90. The lowest BCUT2D eigenvalue weighted by molar-refractivity contribution is -0.148. The highest BCUT2D eigenvalue weighted by Gasteiger charge is 2.67. The molecule has 5 heteroatoms. The molecular formula is C12H15NO4. The number of carboxylic acids is 1. The Kier molecular flexibility index (Phi) is 1.96. The number of aliphatic carboxylic acids is 1. The van der Waals surface area contributed by atoms with E-state index < -0.39 is 29.5 Å². The summed E-state index contributed by atoms with van der Waals surface area (Å²) < 4.78 is 5.75. The minimum atomic E-state index is -0.940. The zero-order chi connectivity index (χ0) is 12.4. The van der Waals surface area contributed by atoms with E-state index in [9.17, 15) is 14.7 Å². The molecule has 3 aliphatic rings. The highest BCUT2D eigenvalue weighted by atomic mass is 16.5. The van der Waals surface area contributed by atoms with Crippen LogP contribution in [-0.2, 0) is 14.3 Å². The number of amides is 1. The summed E-state index contributed by atoms with van der Waals surface area (Å²) in [6.07, 6.45) is 3.23. The monoisotopic (exact) mass is 237 g/mol. The number of fused-ring (bicyclic) bond motifs is 1. The summed E-state index contributed by atoms with van der Waals surface area (Å²) in [5, 5.41) is 9.24. The van der Waals surface area contributed by atoms with Crippen molar-refractivity contribution in [3.63, 3.8) is 0 Å². The van der Waals surface area contributed by atoms with Gasteiger partial charge in [-0.05, 0) is 13.8 Å². The topological polar surface area (TPSA) is 66.8 Å². The molecule has 0 aromatic rings. The summed E-state index contributed by atoms with van der Waals surface area (Å²) in [4.78, 5) is 25.3. The van der Waals surface area contributed by atoms with Gasteiger partial charge in [0.15, 0.2) is 0 Å². The third-order valence-corrected chi connectivity index (χ3v) is 4.04. The van der Waals surface area contributed by atoms with Crippen LogP contribution < -0.4 is 0 Å². The van der Waals surface area contributed by atoms with Crippen LogP contribution >= 0.6 is 0 Å². The Hall–Kier alpha value is -1.36. The first-order valence-electron chi connectivity index (χ1n) is 5.87. The number of carbonyl (C=O) groups excluding carboxylic acids is 1. The standard InChI is InChI=1S/C12H15NO4/c1-6(2)13-5-12-4-3-7(17-12)8(11(15)16)9(12)10(13)14/h3-4,6-9H,5H2,1-2H3,(H,15,16)/t7-,8-,9-,12-/m1/s1. The Bertz CT molecular complexity index is 430. The van der Waals surface area contributed by atoms with Crippen molar-refractivity contribution in [1.82, 2.24) is 4.90 Å². The van der Waals surface area contributed by atoms with Crippen molar-refractivity contribution >= 4 is 11.9 Å². The van der Waals surface area contributed by atoms with Gasteiger partial charge in [0.1, 0.15) is 11.5 Å². The fraction of sp³-hybridized carbons (Fsp3) is 0.667. The maximum absolute atomic E-state index is 12.3. The minimum absolute atomic E-state index is 0.0768. The Balaban J connectivity index is 2.01. The first-order valence-corrected chi connectivity index (χ1v) is 5.87. The van der Waals surface area contributed by atoms with Crippen LogP contribution in [-0.4, -0.2) is 46.2 Å². The predicted molar refractivity (Wildman–Crippen MR) is 58.2 cm³/mol. The third kappa shape index (κ3) is 1.17. The number of nitrogens with zero attached hydrogens (tertiary/aromatic N) is 1. The van der Waals surface area contributed by atoms with E-state index in [1.165, 1.54) is 0 Å². The SMILES string of the molecule is CC(C)N1C[C@@]23C=C[C@@H](O2)[C@@H](C(=O)O)[C@@H]3C1=O. The molecule has 3 aliphatic heterocycles. The molecule has 2 fully saturated rings. The molecule has 17 heavy (non-hydrogen) atoms. The predicted octanol–water partition coefficient (Wildman–Crippen LogP) is 0.261. The van der Waals surface area contributed by atoms with Gasteiger partial charge in [-0.3, -0.25) is 9.59 Å². The second-order valence-electron chi connectivity index (χ2n) is 5.30. The van der Waals surface area contributed by atoms with Gasteiger partial charge in [0.05, 0.1) is 18.6 Å². The van der Waals surface area contributed by atoms with Gasteiger partial charge in [-0.2, -0.15) is 0 Å². The second kappa shape index (κ2) is 3.10. The molecule has 1 N–H and O–H groups in total. The summed E-state index contributed by atoms with van der Waals surface area (Å²) in [7, 11) is 0. The highest BCUT2D eigenvalue weighted by Crippen LogP contribution is 2.52. The van der Waals surface area contributed by atoms with Gasteiger partial charge >= 0.3 is 5.97 Å². The van der Waals surface area contributed by atoms with Crippen molar-refractivity contribution in [2.75, 3.05) is 6.54 Å². The van der Waals surface area contributed by atoms with Crippen LogP contribution in [0, 0.1) is 11.8 Å². The van der Waals surface area contributed by atoms with E-state index in [4.69, 9.17) is 4.74 Å². The van der Waals surface area contributed by atoms with Crippen molar-refractivity contribution in [3.05, 3.63) is 12.2 Å². The van der Waals surface area contributed by atoms with Gasteiger partial charge < -0.3 is 14.7 Å². The molecule has 3 rings (SSSR count). The largest absolute Gasteiger partial charge is 0.481 e. The molecule has 0 aliphatic carbocycles. The van der Waals surface area contributed by atoms with E-state index in [0.29, 0.717) is 6.54 Å². The maximum atomic E-state index is 12.3. The molecule has 3 heterocycles. The number of hydrogen-bond donors (Lipinski definition) is 1. The first kappa shape index (κ1) is 10.8. The number of hydrogen-bond acceptors (Lipinski definition) is 3. The summed E-state index contributed by atoms with van der Waals surface area (Å²) in [6, 6.07) is 0.0768. The van der Waals surface area contributed by atoms with Crippen molar-refractivity contribution in [2.45, 2.75) is 31.6 Å². The molecular weight excluding hydrogens is 222 g/mol. The molecule has 4 atom stereocenters. The average molecular weight is 237 g/mol. The third-order valence-electron chi connectivity index (χ3n) is 4.04. The number of ether oxygens (including phenoxy) is 1. The van der Waals surface area contributed by atoms with E-state index in [-0.39, 0.29) is 11.9 Å². The Morgan fingerprint density at radius 3 is 2.94 bits per heavy atom. The fourth-order valence-corrected chi connectivity index (χ4v) is 3.25. The lowest BCUT2D eigenvalue weighted by Crippen LogP contribution is -2.39. The van der Waals surface area contributed by atoms with Crippen molar-refractivity contribution in [1.29, 1.82) is 0 Å². The molecule has 0 aromatic heterocycles. The van der Waals surface area contributed by atoms with Gasteiger partial charge in [0.25, 0.3) is 0 Å². The molecule has 0 unspecified atom stereocenters. The van der Waals surface area contributed by atoms with Gasteiger partial charge in [-0.25, -0.2) is 0 Å². The summed E-state index contributed by atoms with van der Waals surface area (Å²) >= 11 is 0. The lowest BCUT2D eigenvalue weighted by Gasteiger charge is -2.24. The van der Waals surface area contributed by atoms with Crippen LogP contribution in [0.1, 0.15) is 13.8 Å². The van der Waals surface area contributed by atoms with Gasteiger partial charge in [-0.1, -0.05) is 12.2 Å². The summed E-state index contributed by atoms with van der Waals surface area (Å²) in [5.74, 6) is -2.29. The molecule has 0 radical (unpaired) electrons. The molecule has 1 spiro atoms. The van der Waals surface area contributed by atoms with Crippen molar-refractivity contribution in [3.8, 4) is 0 Å². The number of rotatable bonds is 2. The smallest absolute Gasteiger partial charge is 0.310 e. The van der Waals surface area contributed by atoms with E-state index in [0.717, 1.165) is 0 Å². The quantitative estimate of drug-likeness (QED) is 0.700. The number of likely N-dealkylation sites (tertiary alicyclic amines) is 1. The van der Waals surface area contributed by atoms with Crippen LogP contribution in [0.15, 0.2) is 12.2 Å². The van der Waals surface area contributed by atoms with E-state index in [1.807, 2.05) is 19.9 Å². The number of carbonyl (C=O) groups is 2. The van der Waals surface area contributed by atoms with Crippen LogP contribution in [0.5, 0.6) is 0 Å². The van der Waals surface area contributed by atoms with Crippen molar-refractivity contribution < 1.29 is 19.4 Å². The fourth-order valence-electron chi connectivity index (χ4n) is 3.25. The van der Waals surface area contributed by atoms with E-state index >= 15 is 0 Å². The van der Waals surface area contributed by atoms with Crippen LogP contribution in [0.25, 0.3) is 0 Å². The normalized spacial score (nSPS) is 42.6. The van der Waals surface area contributed by atoms with Gasteiger partial charge in [0, 0.05) is 6.04 Å². The molecule has 2 bridgehead atoms. The molecule has 92 valence electrons. The molecule has 0 saturated carbocycles. The van der Waals surface area contributed by atoms with Crippen LogP contribution in [0.4, 0.5) is 0 Å². The summed E-state index contributed by atoms with van der Waals surface area (Å²) in [5.41, 5.74) is -0.685. The Morgan fingerprint density at radius 1 is 1.65 bits per heavy atom. The van der Waals surface area contributed by atoms with Crippen LogP contribution in [0.2, 0.25) is 0 Å². The second-order valence-corrected chi connectivity index (χ2v) is 5.30. The van der Waals surface area contributed by atoms with Crippen molar-refractivity contribution in [2.24, 2.45) is 11.8 Å². The Labute approximate surface area is 99.0 Å². The minimum Gasteiger partial charge on any atom is -0.481 e. The summed E-state index contributed by atoms with van der Waals surface area (Å²) in [6.45, 7) is 4.34. The maximum Gasteiger partial charge on any atom is 0.310 e. The van der Waals surface area contributed by atoms with E-state index in [2.05, 4.69) is 0 Å². The van der Waals surface area contributed by atoms with Gasteiger partial charge in [0.2, 0.25) is 5.91 Å². The first-order chi connectivity index (χ1) is 7.96. The molecule has 2 saturated heterocycles. The molecule has 5 nitrogen and oxygen atoms in total. The van der Waals surface area contributed by atoms with E-state index in [1.54, 1.807) is 11.0 Å². The number of carboxylic acid groups (broad SMARTS) is 1. The molecule has 0 aromatic carbocycles. The average Bonchev–Trinajstić information content (AvgIpc) is 2.86. The zero-order valence-electron chi connectivity index (χ0n) is 9.79. The Morgan fingerprint density at radius 2 is 2.35 bits per heavy atom. The van der Waals surface area contributed by atoms with Gasteiger partial charge in [-0.15, -0.1) is 0 Å².